The van der Waals surface area contributed by atoms with Crippen molar-refractivity contribution in [1.82, 2.24) is 0 Å². The molecular formula is C11H15FO2. The molecule has 0 heterocycles. The van der Waals surface area contributed by atoms with Crippen molar-refractivity contribution >= 4 is 0 Å². The van der Waals surface area contributed by atoms with Crippen LogP contribution in [0.25, 0.3) is 0 Å². The van der Waals surface area contributed by atoms with Crippen LogP contribution in [0.2, 0.25) is 0 Å². The summed E-state index contributed by atoms with van der Waals surface area (Å²) in [5.41, 5.74) is 0.190. The predicted molar refractivity (Wildman–Crippen MR) is 53.1 cm³/mol. The first-order valence-corrected chi connectivity index (χ1v) is 4.47. The third-order valence-corrected chi connectivity index (χ3v) is 2.30. The van der Waals surface area contributed by atoms with Crippen molar-refractivity contribution in [1.29, 1.82) is 0 Å². The standard InChI is InChI=1S/C11H15FO2/c1-11(2,7-13)8-5-4-6-9(12)10(8)14-3/h4-6,13H,7H2,1-3H3. The molecule has 0 radical (unpaired) electrons. The Labute approximate surface area is 83.3 Å². The summed E-state index contributed by atoms with van der Waals surface area (Å²) in [5.74, 6) is -0.182. The lowest BCUT2D eigenvalue weighted by Crippen LogP contribution is -2.23. The molecule has 1 rings (SSSR count). The van der Waals surface area contributed by atoms with E-state index in [2.05, 4.69) is 0 Å². The first kappa shape index (κ1) is 11.0. The van der Waals surface area contributed by atoms with Gasteiger partial charge in [-0.05, 0) is 6.07 Å². The van der Waals surface area contributed by atoms with E-state index in [1.165, 1.54) is 13.2 Å². The van der Waals surface area contributed by atoms with Crippen molar-refractivity contribution in [3.8, 4) is 5.75 Å². The van der Waals surface area contributed by atoms with Crippen molar-refractivity contribution < 1.29 is 14.2 Å². The molecule has 2 nitrogen and oxygen atoms in total. The minimum atomic E-state index is -0.493. The highest BCUT2D eigenvalue weighted by Gasteiger charge is 2.25. The van der Waals surface area contributed by atoms with Crippen LogP contribution in [-0.2, 0) is 5.41 Å². The minimum Gasteiger partial charge on any atom is -0.493 e. The molecule has 0 saturated carbocycles. The summed E-state index contributed by atoms with van der Waals surface area (Å²) >= 11 is 0. The smallest absolute Gasteiger partial charge is 0.165 e. The van der Waals surface area contributed by atoms with Gasteiger partial charge in [-0.2, -0.15) is 0 Å². The molecule has 0 atom stereocenters. The van der Waals surface area contributed by atoms with Crippen molar-refractivity contribution in [3.63, 3.8) is 0 Å². The van der Waals surface area contributed by atoms with E-state index in [9.17, 15) is 9.50 Å². The first-order valence-electron chi connectivity index (χ1n) is 4.47. The number of para-hydroxylation sites is 1. The Morgan fingerprint density at radius 1 is 1.43 bits per heavy atom. The quantitative estimate of drug-likeness (QED) is 0.806. The number of rotatable bonds is 3. The lowest BCUT2D eigenvalue weighted by Gasteiger charge is -2.24. The number of methoxy groups -OCH3 is 1. The van der Waals surface area contributed by atoms with E-state index >= 15 is 0 Å². The summed E-state index contributed by atoms with van der Waals surface area (Å²) in [4.78, 5) is 0. The molecule has 0 aliphatic heterocycles. The summed E-state index contributed by atoms with van der Waals surface area (Å²) in [7, 11) is 1.43. The summed E-state index contributed by atoms with van der Waals surface area (Å²) in [6.45, 7) is 3.63. The number of aliphatic hydroxyl groups excluding tert-OH is 1. The molecule has 0 amide bonds. The average molecular weight is 198 g/mol. The fourth-order valence-corrected chi connectivity index (χ4v) is 1.33. The van der Waals surface area contributed by atoms with Gasteiger partial charge in [-0.15, -0.1) is 0 Å². The normalized spacial score (nSPS) is 11.5. The van der Waals surface area contributed by atoms with Gasteiger partial charge >= 0.3 is 0 Å². The van der Waals surface area contributed by atoms with Gasteiger partial charge in [0.05, 0.1) is 13.7 Å². The SMILES string of the molecule is COc1c(F)cccc1C(C)(C)CO. The zero-order valence-electron chi connectivity index (χ0n) is 8.67. The van der Waals surface area contributed by atoms with Crippen LogP contribution in [0, 0.1) is 5.82 Å². The third kappa shape index (κ3) is 1.87. The zero-order chi connectivity index (χ0) is 10.8. The van der Waals surface area contributed by atoms with E-state index in [1.807, 2.05) is 13.8 Å². The molecule has 0 aromatic heterocycles. The monoisotopic (exact) mass is 198 g/mol. The number of hydrogen-bond acceptors (Lipinski definition) is 2. The number of aliphatic hydroxyl groups is 1. The molecular weight excluding hydrogens is 183 g/mol. The molecule has 3 heteroatoms. The van der Waals surface area contributed by atoms with Crippen LogP contribution in [0.5, 0.6) is 5.75 Å². The third-order valence-electron chi connectivity index (χ3n) is 2.30. The number of benzene rings is 1. The second kappa shape index (κ2) is 3.96. The second-order valence-electron chi connectivity index (χ2n) is 3.86. The highest BCUT2D eigenvalue weighted by atomic mass is 19.1. The Kier molecular flexibility index (Phi) is 3.11. The van der Waals surface area contributed by atoms with Crippen LogP contribution < -0.4 is 4.74 Å². The van der Waals surface area contributed by atoms with Crippen LogP contribution in [0.3, 0.4) is 0 Å². The Balaban J connectivity index is 3.27. The number of halogens is 1. The van der Waals surface area contributed by atoms with Gasteiger partial charge in [0.15, 0.2) is 11.6 Å². The maximum atomic E-state index is 13.3. The van der Waals surface area contributed by atoms with Crippen LogP contribution in [0.15, 0.2) is 18.2 Å². The van der Waals surface area contributed by atoms with Gasteiger partial charge in [-0.3, -0.25) is 0 Å². The fraction of sp³-hybridized carbons (Fsp3) is 0.455. The number of ether oxygens (including phenoxy) is 1. The molecule has 0 spiro atoms. The predicted octanol–water partition coefficient (Wildman–Crippen LogP) is 2.10. The molecule has 14 heavy (non-hydrogen) atoms. The van der Waals surface area contributed by atoms with Gasteiger partial charge < -0.3 is 9.84 Å². The number of hydrogen-bond donors (Lipinski definition) is 1. The van der Waals surface area contributed by atoms with E-state index in [1.54, 1.807) is 12.1 Å². The van der Waals surface area contributed by atoms with Crippen LogP contribution >= 0.6 is 0 Å². The van der Waals surface area contributed by atoms with Crippen LogP contribution in [-0.4, -0.2) is 18.8 Å². The summed E-state index contributed by atoms with van der Waals surface area (Å²) < 4.78 is 18.3. The summed E-state index contributed by atoms with van der Waals surface area (Å²) in [6, 6.07) is 4.72. The summed E-state index contributed by atoms with van der Waals surface area (Å²) in [5, 5.41) is 9.18. The molecule has 0 bridgehead atoms. The Bertz CT molecular complexity index is 321. The molecule has 0 fully saturated rings. The topological polar surface area (TPSA) is 29.5 Å². The molecule has 1 aromatic rings. The second-order valence-corrected chi connectivity index (χ2v) is 3.86. The Morgan fingerprint density at radius 3 is 2.57 bits per heavy atom. The maximum absolute atomic E-state index is 13.3. The largest absolute Gasteiger partial charge is 0.493 e. The lowest BCUT2D eigenvalue weighted by molar-refractivity contribution is 0.213. The fourth-order valence-electron chi connectivity index (χ4n) is 1.33. The van der Waals surface area contributed by atoms with Crippen molar-refractivity contribution in [2.45, 2.75) is 19.3 Å². The van der Waals surface area contributed by atoms with Gasteiger partial charge in [-0.1, -0.05) is 26.0 Å². The van der Waals surface area contributed by atoms with Crippen LogP contribution in [0.4, 0.5) is 4.39 Å². The van der Waals surface area contributed by atoms with Gasteiger partial charge in [0.25, 0.3) is 0 Å². The molecule has 1 N–H and O–H groups in total. The molecule has 78 valence electrons. The summed E-state index contributed by atoms with van der Waals surface area (Å²) in [6.07, 6.45) is 0. The van der Waals surface area contributed by atoms with Gasteiger partial charge in [0, 0.05) is 11.0 Å². The minimum absolute atomic E-state index is 0.0488. The zero-order valence-corrected chi connectivity index (χ0v) is 8.67. The van der Waals surface area contributed by atoms with E-state index in [-0.39, 0.29) is 12.4 Å². The van der Waals surface area contributed by atoms with E-state index in [0.717, 1.165) is 0 Å². The van der Waals surface area contributed by atoms with Crippen molar-refractivity contribution in [2.24, 2.45) is 0 Å². The van der Waals surface area contributed by atoms with E-state index in [4.69, 9.17) is 4.74 Å². The van der Waals surface area contributed by atoms with E-state index in [0.29, 0.717) is 5.56 Å². The lowest BCUT2D eigenvalue weighted by atomic mass is 9.85. The first-order chi connectivity index (χ1) is 6.53. The average Bonchev–Trinajstić information content (AvgIpc) is 2.17. The molecule has 0 aliphatic rings. The maximum Gasteiger partial charge on any atom is 0.165 e. The molecule has 0 aliphatic carbocycles. The highest BCUT2D eigenvalue weighted by molar-refractivity contribution is 5.40. The van der Waals surface area contributed by atoms with Crippen molar-refractivity contribution in [3.05, 3.63) is 29.6 Å². The molecule has 1 aromatic carbocycles. The highest BCUT2D eigenvalue weighted by Crippen LogP contribution is 2.32. The van der Waals surface area contributed by atoms with Crippen molar-refractivity contribution in [2.75, 3.05) is 13.7 Å². The van der Waals surface area contributed by atoms with E-state index < -0.39 is 11.2 Å². The van der Waals surface area contributed by atoms with Crippen LogP contribution in [0.1, 0.15) is 19.4 Å². The molecule has 0 unspecified atom stereocenters. The van der Waals surface area contributed by atoms with Gasteiger partial charge in [0.2, 0.25) is 0 Å². The molecule has 0 saturated heterocycles. The van der Waals surface area contributed by atoms with Gasteiger partial charge in [-0.25, -0.2) is 4.39 Å². The Morgan fingerprint density at radius 2 is 2.07 bits per heavy atom. The van der Waals surface area contributed by atoms with Gasteiger partial charge in [0.1, 0.15) is 0 Å². The Hall–Kier alpha value is -1.09.